The molecule has 0 unspecified atom stereocenters. The van der Waals surface area contributed by atoms with Gasteiger partial charge in [0, 0.05) is 11.8 Å². The zero-order chi connectivity index (χ0) is 16.6. The van der Waals surface area contributed by atoms with Gasteiger partial charge in [0.25, 0.3) is 10.0 Å². The van der Waals surface area contributed by atoms with Gasteiger partial charge in [0.15, 0.2) is 6.29 Å². The van der Waals surface area contributed by atoms with Gasteiger partial charge in [-0.25, -0.2) is 12.4 Å². The summed E-state index contributed by atoms with van der Waals surface area (Å²) in [7, 11) is -2.31. The van der Waals surface area contributed by atoms with Crippen LogP contribution in [-0.2, 0) is 10.0 Å². The maximum absolute atomic E-state index is 12.9. The van der Waals surface area contributed by atoms with Gasteiger partial charge in [-0.05, 0) is 31.2 Å². The monoisotopic (exact) mass is 329 g/mol. The van der Waals surface area contributed by atoms with E-state index >= 15 is 0 Å². The lowest BCUT2D eigenvalue weighted by molar-refractivity contribution is 0.112. The van der Waals surface area contributed by atoms with Gasteiger partial charge < -0.3 is 4.74 Å². The van der Waals surface area contributed by atoms with Crippen molar-refractivity contribution in [1.82, 2.24) is 3.97 Å². The van der Waals surface area contributed by atoms with Crippen LogP contribution in [0, 0.1) is 6.92 Å². The van der Waals surface area contributed by atoms with Gasteiger partial charge in [-0.15, -0.1) is 0 Å². The van der Waals surface area contributed by atoms with Crippen molar-refractivity contribution in [3.63, 3.8) is 0 Å². The van der Waals surface area contributed by atoms with Crippen LogP contribution in [0.3, 0.4) is 0 Å². The van der Waals surface area contributed by atoms with E-state index < -0.39 is 10.0 Å². The predicted molar refractivity (Wildman–Crippen MR) is 87.6 cm³/mol. The molecule has 1 heterocycles. The first kappa shape index (κ1) is 15.3. The minimum absolute atomic E-state index is 0.167. The van der Waals surface area contributed by atoms with E-state index in [1.807, 2.05) is 6.92 Å². The molecule has 0 aliphatic carbocycles. The van der Waals surface area contributed by atoms with Gasteiger partial charge in [0.1, 0.15) is 5.75 Å². The highest BCUT2D eigenvalue weighted by atomic mass is 32.2. The lowest BCUT2D eigenvalue weighted by atomic mass is 10.2. The topological polar surface area (TPSA) is 65.4 Å². The van der Waals surface area contributed by atoms with E-state index in [9.17, 15) is 13.2 Å². The van der Waals surface area contributed by atoms with Crippen molar-refractivity contribution in [2.75, 3.05) is 7.11 Å². The maximum Gasteiger partial charge on any atom is 0.268 e. The summed E-state index contributed by atoms with van der Waals surface area (Å²) in [5.74, 6) is 0.461. The van der Waals surface area contributed by atoms with E-state index in [0.717, 1.165) is 9.54 Å². The van der Waals surface area contributed by atoms with Crippen LogP contribution in [0.25, 0.3) is 10.9 Å². The fraction of sp³-hybridized carbons (Fsp3) is 0.118. The summed E-state index contributed by atoms with van der Waals surface area (Å²) in [6, 6.07) is 11.6. The second kappa shape index (κ2) is 5.55. The van der Waals surface area contributed by atoms with E-state index in [-0.39, 0.29) is 10.5 Å². The Morgan fingerprint density at radius 3 is 2.39 bits per heavy atom. The average molecular weight is 329 g/mol. The Morgan fingerprint density at radius 1 is 1.09 bits per heavy atom. The molecule has 0 radical (unpaired) electrons. The SMILES string of the molecule is COc1cccc2c1c(C=O)cn2S(=O)(=O)c1ccc(C)cc1. The van der Waals surface area contributed by atoms with Gasteiger partial charge in [0.05, 0.1) is 22.9 Å². The standard InChI is InChI=1S/C17H15NO4S/c1-12-6-8-14(9-7-12)23(20,21)18-10-13(11-19)17-15(18)4-3-5-16(17)22-2/h3-11H,1-2H3. The zero-order valence-electron chi connectivity index (χ0n) is 12.7. The molecule has 0 aliphatic heterocycles. The van der Waals surface area contributed by atoms with Crippen LogP contribution in [-0.4, -0.2) is 25.8 Å². The highest BCUT2D eigenvalue weighted by Gasteiger charge is 2.22. The molecule has 3 aromatic rings. The van der Waals surface area contributed by atoms with E-state index in [2.05, 4.69) is 0 Å². The molecule has 23 heavy (non-hydrogen) atoms. The number of benzene rings is 2. The van der Waals surface area contributed by atoms with Gasteiger partial charge >= 0.3 is 0 Å². The number of aromatic nitrogens is 1. The Bertz CT molecular complexity index is 985. The highest BCUT2D eigenvalue weighted by Crippen LogP contribution is 2.32. The molecule has 1 aromatic heterocycles. The van der Waals surface area contributed by atoms with Crippen molar-refractivity contribution in [3.05, 3.63) is 59.8 Å². The Morgan fingerprint density at radius 2 is 1.78 bits per heavy atom. The number of hydrogen-bond donors (Lipinski definition) is 0. The van der Waals surface area contributed by atoms with E-state index in [4.69, 9.17) is 4.74 Å². The van der Waals surface area contributed by atoms with E-state index in [1.165, 1.54) is 13.3 Å². The fourth-order valence-corrected chi connectivity index (χ4v) is 3.91. The molecule has 5 nitrogen and oxygen atoms in total. The Balaban J connectivity index is 2.32. The summed E-state index contributed by atoms with van der Waals surface area (Å²) in [5.41, 5.74) is 1.65. The number of aldehydes is 1. The largest absolute Gasteiger partial charge is 0.496 e. The van der Waals surface area contributed by atoms with Crippen LogP contribution in [0.15, 0.2) is 53.6 Å². The van der Waals surface area contributed by atoms with Crippen molar-refractivity contribution < 1.29 is 17.9 Å². The number of fused-ring (bicyclic) bond motifs is 1. The summed E-state index contributed by atoms with van der Waals surface area (Å²) in [5, 5.41) is 0.487. The molecule has 118 valence electrons. The summed E-state index contributed by atoms with van der Waals surface area (Å²) >= 11 is 0. The first-order chi connectivity index (χ1) is 11.0. The highest BCUT2D eigenvalue weighted by molar-refractivity contribution is 7.90. The third kappa shape index (κ3) is 2.41. The number of aryl methyl sites for hydroxylation is 1. The molecular weight excluding hydrogens is 314 g/mol. The molecule has 3 rings (SSSR count). The minimum Gasteiger partial charge on any atom is -0.496 e. The number of rotatable bonds is 4. The smallest absolute Gasteiger partial charge is 0.268 e. The van der Waals surface area contributed by atoms with E-state index in [1.54, 1.807) is 42.5 Å². The van der Waals surface area contributed by atoms with Crippen LogP contribution in [0.1, 0.15) is 15.9 Å². The number of methoxy groups -OCH3 is 1. The molecule has 0 amide bonds. The predicted octanol–water partition coefficient (Wildman–Crippen LogP) is 3.01. The number of nitrogens with zero attached hydrogens (tertiary/aromatic N) is 1. The molecule has 0 N–H and O–H groups in total. The van der Waals surface area contributed by atoms with Crippen LogP contribution in [0.5, 0.6) is 5.75 Å². The Kier molecular flexibility index (Phi) is 3.69. The Labute approximate surface area is 134 Å². The molecule has 6 heteroatoms. The normalized spacial score (nSPS) is 11.6. The van der Waals surface area contributed by atoms with Gasteiger partial charge in [0.2, 0.25) is 0 Å². The van der Waals surface area contributed by atoms with Crippen LogP contribution >= 0.6 is 0 Å². The quantitative estimate of drug-likeness (QED) is 0.690. The first-order valence-electron chi connectivity index (χ1n) is 6.94. The number of hydrogen-bond acceptors (Lipinski definition) is 4. The Hall–Kier alpha value is -2.60. The molecule has 0 saturated heterocycles. The van der Waals surface area contributed by atoms with Gasteiger partial charge in [-0.2, -0.15) is 0 Å². The molecule has 0 bridgehead atoms. The third-order valence-corrected chi connectivity index (χ3v) is 5.40. The van der Waals surface area contributed by atoms with Crippen molar-refractivity contribution in [2.24, 2.45) is 0 Å². The molecule has 0 fully saturated rings. The summed E-state index contributed by atoms with van der Waals surface area (Å²) in [4.78, 5) is 11.5. The molecule has 2 aromatic carbocycles. The lowest BCUT2D eigenvalue weighted by Gasteiger charge is -2.08. The summed E-state index contributed by atoms with van der Waals surface area (Å²) < 4.78 is 32.2. The lowest BCUT2D eigenvalue weighted by Crippen LogP contribution is -2.11. The molecule has 0 aliphatic rings. The number of carbonyl (C=O) groups excluding carboxylic acids is 1. The molecule has 0 saturated carbocycles. The van der Waals surface area contributed by atoms with Crippen molar-refractivity contribution >= 4 is 27.2 Å². The average Bonchev–Trinajstić information content (AvgIpc) is 2.95. The fourth-order valence-electron chi connectivity index (χ4n) is 2.54. The van der Waals surface area contributed by atoms with Crippen LogP contribution in [0.4, 0.5) is 0 Å². The van der Waals surface area contributed by atoms with E-state index in [0.29, 0.717) is 22.9 Å². The zero-order valence-corrected chi connectivity index (χ0v) is 13.5. The van der Waals surface area contributed by atoms with Crippen molar-refractivity contribution in [3.8, 4) is 5.75 Å². The number of carbonyl (C=O) groups is 1. The first-order valence-corrected chi connectivity index (χ1v) is 8.38. The van der Waals surface area contributed by atoms with Crippen molar-refractivity contribution in [2.45, 2.75) is 11.8 Å². The molecular formula is C17H15NO4S. The second-order valence-electron chi connectivity index (χ2n) is 5.17. The summed E-state index contributed by atoms with van der Waals surface area (Å²) in [6.07, 6.45) is 1.96. The van der Waals surface area contributed by atoms with Crippen molar-refractivity contribution in [1.29, 1.82) is 0 Å². The van der Waals surface area contributed by atoms with Gasteiger partial charge in [-0.1, -0.05) is 23.8 Å². The molecule has 0 spiro atoms. The minimum atomic E-state index is -3.79. The van der Waals surface area contributed by atoms with Crippen LogP contribution < -0.4 is 4.74 Å². The summed E-state index contributed by atoms with van der Waals surface area (Å²) in [6.45, 7) is 1.89. The molecule has 0 atom stereocenters. The van der Waals surface area contributed by atoms with Crippen LogP contribution in [0.2, 0.25) is 0 Å². The van der Waals surface area contributed by atoms with Gasteiger partial charge in [-0.3, -0.25) is 4.79 Å². The maximum atomic E-state index is 12.9. The number of ether oxygens (including phenoxy) is 1. The second-order valence-corrected chi connectivity index (χ2v) is 6.99. The third-order valence-electron chi connectivity index (χ3n) is 3.71.